The van der Waals surface area contributed by atoms with E-state index < -0.39 is 7.12 Å². The molecule has 101 heavy (non-hydrogen) atoms. The second-order valence-electron chi connectivity index (χ2n) is 26.7. The van der Waals surface area contributed by atoms with Crippen molar-refractivity contribution in [3.8, 4) is 78.9 Å². The average Bonchev–Trinajstić information content (AvgIpc) is 1.61. The predicted molar refractivity (Wildman–Crippen MR) is 423 cm³/mol. The van der Waals surface area contributed by atoms with Crippen LogP contribution in [0.25, 0.3) is 172 Å². The summed E-state index contributed by atoms with van der Waals surface area (Å²) in [5.41, 5.74) is 20.3. The van der Waals surface area contributed by atoms with Crippen LogP contribution in [0.15, 0.2) is 322 Å². The third-order valence-electron chi connectivity index (χ3n) is 20.2. The Kier molecular flexibility index (Phi) is 16.1. The van der Waals surface area contributed by atoms with E-state index >= 15 is 0 Å². The number of benzene rings is 13. The number of fused-ring (bicyclic) bond motifs is 14. The van der Waals surface area contributed by atoms with Crippen molar-refractivity contribution in [3.05, 3.63) is 328 Å². The summed E-state index contributed by atoms with van der Waals surface area (Å²) in [5, 5.41) is 11.9. The van der Waals surface area contributed by atoms with Gasteiger partial charge in [0, 0.05) is 82.3 Å². The summed E-state index contributed by atoms with van der Waals surface area (Å²) in [7, 11) is -0.402. The minimum Gasteiger partial charge on any atom is -0.693 e. The van der Waals surface area contributed by atoms with Gasteiger partial charge in [0.1, 0.15) is 0 Å². The molecule has 2 N–H and O–H groups in total. The molecule has 6 heterocycles. The fourth-order valence-electron chi connectivity index (χ4n) is 14.6. The summed E-state index contributed by atoms with van der Waals surface area (Å²) in [6.07, 6.45) is 0. The Morgan fingerprint density at radius 1 is 0.287 bits per heavy atom. The van der Waals surface area contributed by atoms with Crippen molar-refractivity contribution >= 4 is 99.5 Å². The highest BCUT2D eigenvalue weighted by Crippen LogP contribution is 2.46. The fourth-order valence-corrected chi connectivity index (χ4v) is 14.6. The van der Waals surface area contributed by atoms with Gasteiger partial charge in [0.05, 0.1) is 67.1 Å². The lowest BCUT2D eigenvalue weighted by molar-refractivity contribution is 0.00578. The van der Waals surface area contributed by atoms with E-state index in [1.54, 1.807) is 0 Å². The van der Waals surface area contributed by atoms with Gasteiger partial charge in [0.25, 0.3) is 0 Å². The Morgan fingerprint density at radius 2 is 0.634 bits per heavy atom. The molecule has 9 nitrogen and oxygen atoms in total. The SMILES string of the molecule is C.CC1(C)OB(c2ccc(-c3nc4ccccc4c4ccc5c(c6ccccc6n5-c5ccccc5)c34)cc2)OC1(C)C.[NH2-].c1ccc(-c2ccc(-c3cc(-c4ccc(-c5nc6ccccc6c6ccc7c(c8ccccc8n7-c7ccccc7)c56)cc4)nc(-c4ccccc4)n3)cc2)cc1. The molecule has 1 aliphatic heterocycles. The van der Waals surface area contributed by atoms with E-state index in [9.17, 15) is 0 Å². The molecule has 0 bridgehead atoms. The van der Waals surface area contributed by atoms with Crippen molar-refractivity contribution in [3.63, 3.8) is 0 Å². The van der Waals surface area contributed by atoms with E-state index in [1.165, 1.54) is 65.4 Å². The molecular weight excluding hydrogens is 1230 g/mol. The maximum atomic E-state index is 6.33. The molecule has 0 radical (unpaired) electrons. The summed E-state index contributed by atoms with van der Waals surface area (Å²) in [6, 6.07) is 113. The summed E-state index contributed by atoms with van der Waals surface area (Å²) >= 11 is 0. The van der Waals surface area contributed by atoms with E-state index in [-0.39, 0.29) is 24.8 Å². The molecule has 1 aliphatic rings. The van der Waals surface area contributed by atoms with Crippen LogP contribution in [0.1, 0.15) is 35.1 Å². The van der Waals surface area contributed by atoms with E-state index in [0.717, 1.165) is 100 Å². The predicted octanol–water partition coefficient (Wildman–Crippen LogP) is 23.4. The lowest BCUT2D eigenvalue weighted by atomic mass is 9.78. The molecule has 486 valence electrons. The van der Waals surface area contributed by atoms with Crippen molar-refractivity contribution in [2.24, 2.45) is 0 Å². The lowest BCUT2D eigenvalue weighted by Gasteiger charge is -2.32. The molecule has 1 fully saturated rings. The fraction of sp³-hybridized carbons (Fsp3) is 0.0769. The maximum Gasteiger partial charge on any atom is 0.494 e. The quantitative estimate of drug-likeness (QED) is 0.105. The summed E-state index contributed by atoms with van der Waals surface area (Å²) in [4.78, 5) is 21.0. The zero-order chi connectivity index (χ0) is 66.3. The van der Waals surface area contributed by atoms with Crippen LogP contribution in [-0.4, -0.2) is 47.4 Å². The van der Waals surface area contributed by atoms with Gasteiger partial charge >= 0.3 is 7.12 Å². The molecule has 5 aromatic heterocycles. The summed E-state index contributed by atoms with van der Waals surface area (Å²) in [6.45, 7) is 8.35. The molecule has 10 heteroatoms. The van der Waals surface area contributed by atoms with Crippen LogP contribution in [0.2, 0.25) is 0 Å². The highest BCUT2D eigenvalue weighted by Gasteiger charge is 2.51. The molecule has 13 aromatic carbocycles. The van der Waals surface area contributed by atoms with Gasteiger partial charge in [0.15, 0.2) is 5.82 Å². The smallest absolute Gasteiger partial charge is 0.494 e. The lowest BCUT2D eigenvalue weighted by Crippen LogP contribution is -2.41. The molecule has 18 aromatic rings. The van der Waals surface area contributed by atoms with Crippen LogP contribution in [0, 0.1) is 0 Å². The zero-order valence-corrected chi connectivity index (χ0v) is 55.8. The number of rotatable bonds is 9. The molecular formula is C91H71BN7O2-. The first kappa shape index (κ1) is 63.6. The van der Waals surface area contributed by atoms with Crippen LogP contribution in [0.4, 0.5) is 0 Å². The normalized spacial score (nSPS) is 13.2. The van der Waals surface area contributed by atoms with Crippen molar-refractivity contribution in [2.75, 3.05) is 0 Å². The monoisotopic (exact) mass is 1300 g/mol. The van der Waals surface area contributed by atoms with E-state index in [2.05, 4.69) is 334 Å². The Bertz CT molecular complexity index is 6120. The Labute approximate surface area is 587 Å². The van der Waals surface area contributed by atoms with Crippen molar-refractivity contribution in [1.29, 1.82) is 0 Å². The molecule has 1 saturated heterocycles. The zero-order valence-electron chi connectivity index (χ0n) is 55.8. The van der Waals surface area contributed by atoms with E-state index in [4.69, 9.17) is 29.2 Å². The number of hydrogen-bond donors (Lipinski definition) is 0. The Balaban J connectivity index is 0.000000161. The van der Waals surface area contributed by atoms with Gasteiger partial charge < -0.3 is 24.6 Å². The third kappa shape index (κ3) is 11.0. The van der Waals surface area contributed by atoms with Gasteiger partial charge in [-0.05, 0) is 122 Å². The van der Waals surface area contributed by atoms with Crippen molar-refractivity contribution in [1.82, 2.24) is 29.1 Å². The standard InChI is InChI=1S/C53H34N4.C37H31BN2O2.CH4.H2N/c1-4-14-35(15-5-1)36-24-26-37(27-25-36)46-34-47(56-53(55-46)40-16-6-2-7-17-40)38-28-30-39(31-29-38)52-51-43(42-20-10-12-22-45(42)54-52)32-33-49-50(51)44-21-11-13-23-48(44)57(49)41-18-8-3-9-19-41;1-36(2)37(3,4)42-38(41-36)25-20-18-24(19-21-25)35-34-28(27-14-8-10-16-30(27)39-35)22-23-32-33(34)29-15-9-11-17-31(29)40(32)26-12-6-5-7-13-26;;/h1-34H;5-23H,1-4H3;1H4;1H2/q;;;-1. The first-order valence-corrected chi connectivity index (χ1v) is 33.9. The average molecular weight is 1310 g/mol. The van der Waals surface area contributed by atoms with Crippen LogP contribution in [-0.2, 0) is 9.31 Å². The topological polar surface area (TPSA) is 113 Å². The van der Waals surface area contributed by atoms with Crippen LogP contribution >= 0.6 is 0 Å². The Hall–Kier alpha value is -12.2. The first-order valence-electron chi connectivity index (χ1n) is 33.9. The van der Waals surface area contributed by atoms with Crippen LogP contribution in [0.5, 0.6) is 0 Å². The van der Waals surface area contributed by atoms with Gasteiger partial charge in [0.2, 0.25) is 0 Å². The number of pyridine rings is 2. The summed E-state index contributed by atoms with van der Waals surface area (Å²) in [5.74, 6) is 0.693. The van der Waals surface area contributed by atoms with Gasteiger partial charge in [-0.15, -0.1) is 0 Å². The largest absolute Gasteiger partial charge is 0.693 e. The molecule has 0 atom stereocenters. The molecule has 19 rings (SSSR count). The third-order valence-corrected chi connectivity index (χ3v) is 20.2. The van der Waals surface area contributed by atoms with E-state index in [1.807, 2.05) is 24.3 Å². The second-order valence-corrected chi connectivity index (χ2v) is 26.7. The highest BCUT2D eigenvalue weighted by molar-refractivity contribution is 6.62. The molecule has 0 spiro atoms. The Morgan fingerprint density at radius 3 is 1.08 bits per heavy atom. The number of hydrogen-bond acceptors (Lipinski definition) is 6. The van der Waals surface area contributed by atoms with E-state index in [0.29, 0.717) is 5.82 Å². The van der Waals surface area contributed by atoms with Gasteiger partial charge in [-0.25, -0.2) is 19.9 Å². The number of aromatic nitrogens is 6. The first-order chi connectivity index (χ1) is 48.6. The molecule has 0 amide bonds. The van der Waals surface area contributed by atoms with Crippen LogP contribution < -0.4 is 5.46 Å². The molecule has 0 aliphatic carbocycles. The highest BCUT2D eigenvalue weighted by atomic mass is 16.7. The molecule has 0 saturated carbocycles. The number of nitrogens with zero attached hydrogens (tertiary/aromatic N) is 6. The van der Waals surface area contributed by atoms with Gasteiger partial charge in [-0.3, -0.25) is 0 Å². The van der Waals surface area contributed by atoms with Gasteiger partial charge in [-0.1, -0.05) is 262 Å². The molecule has 0 unspecified atom stereocenters. The van der Waals surface area contributed by atoms with Crippen molar-refractivity contribution < 1.29 is 9.31 Å². The van der Waals surface area contributed by atoms with Crippen molar-refractivity contribution in [2.45, 2.75) is 46.3 Å². The number of para-hydroxylation sites is 6. The van der Waals surface area contributed by atoms with Gasteiger partial charge in [-0.2, -0.15) is 0 Å². The summed E-state index contributed by atoms with van der Waals surface area (Å²) < 4.78 is 17.4. The van der Waals surface area contributed by atoms with Crippen LogP contribution in [0.3, 0.4) is 0 Å². The minimum atomic E-state index is -0.402. The second kappa shape index (κ2) is 25.6. The maximum absolute atomic E-state index is 6.33. The number of nitrogens with two attached hydrogens (primary N) is 1. The minimum absolute atomic E-state index is 0.